The summed E-state index contributed by atoms with van der Waals surface area (Å²) >= 11 is 5.82. The van der Waals surface area contributed by atoms with Gasteiger partial charge in [-0.05, 0) is 42.5 Å². The first-order valence-corrected chi connectivity index (χ1v) is 11.2. The summed E-state index contributed by atoms with van der Waals surface area (Å²) in [5, 5.41) is 0.588. The lowest BCUT2D eigenvalue weighted by atomic mass is 10.1. The summed E-state index contributed by atoms with van der Waals surface area (Å²) in [4.78, 5) is 14.4. The quantitative estimate of drug-likeness (QED) is 0.614. The Morgan fingerprint density at radius 2 is 1.87 bits per heavy atom. The second-order valence-electron chi connectivity index (χ2n) is 6.47. The minimum absolute atomic E-state index is 0.0218. The average Bonchev–Trinajstić information content (AvgIpc) is 2.77. The topological polar surface area (TPSA) is 94.2 Å². The monoisotopic (exact) mass is 454 g/mol. The summed E-state index contributed by atoms with van der Waals surface area (Å²) < 4.78 is 43.8. The highest BCUT2D eigenvalue weighted by Gasteiger charge is 2.24. The molecule has 10 heteroatoms. The van der Waals surface area contributed by atoms with E-state index in [-0.39, 0.29) is 29.5 Å². The molecule has 1 heterocycles. The lowest BCUT2D eigenvalue weighted by Gasteiger charge is -2.27. The van der Waals surface area contributed by atoms with E-state index in [1.165, 1.54) is 25.3 Å². The number of hydrogen-bond donors (Lipinski definition) is 1. The zero-order chi connectivity index (χ0) is 21.6. The Morgan fingerprint density at radius 1 is 1.17 bits per heavy atom. The van der Waals surface area contributed by atoms with E-state index in [1.54, 1.807) is 29.2 Å². The van der Waals surface area contributed by atoms with Gasteiger partial charge in [-0.15, -0.1) is 0 Å². The molecule has 162 valence electrons. The Hall–Kier alpha value is -2.33. The fourth-order valence-corrected chi connectivity index (χ4v) is 4.08. The second kappa shape index (κ2) is 10.1. The Bertz CT molecular complexity index is 975. The Balaban J connectivity index is 1.67. The van der Waals surface area contributed by atoms with Crippen molar-refractivity contribution in [1.82, 2.24) is 9.62 Å². The van der Waals surface area contributed by atoms with Crippen LogP contribution in [0, 0.1) is 0 Å². The third-order valence-corrected chi connectivity index (χ3v) is 6.20. The molecule has 30 heavy (non-hydrogen) atoms. The maximum Gasteiger partial charge on any atom is 0.257 e. The Morgan fingerprint density at radius 3 is 2.53 bits per heavy atom. The summed E-state index contributed by atoms with van der Waals surface area (Å²) in [6.07, 6.45) is 0. The average molecular weight is 455 g/mol. The molecule has 1 aliphatic heterocycles. The van der Waals surface area contributed by atoms with Gasteiger partial charge in [-0.1, -0.05) is 11.6 Å². The van der Waals surface area contributed by atoms with Crippen LogP contribution in [0.4, 0.5) is 0 Å². The van der Waals surface area contributed by atoms with Gasteiger partial charge in [0.15, 0.2) is 0 Å². The molecule has 1 N–H and O–H groups in total. The summed E-state index contributed by atoms with van der Waals surface area (Å²) in [5.74, 6) is 0.608. The number of halogens is 1. The maximum absolute atomic E-state index is 12.8. The largest absolute Gasteiger partial charge is 0.496 e. The number of amides is 1. The van der Waals surface area contributed by atoms with E-state index in [4.69, 9.17) is 25.8 Å². The van der Waals surface area contributed by atoms with Crippen LogP contribution in [0.25, 0.3) is 0 Å². The highest BCUT2D eigenvalue weighted by Crippen LogP contribution is 2.24. The number of carbonyl (C=O) groups is 1. The van der Waals surface area contributed by atoms with Gasteiger partial charge in [0.05, 0.1) is 30.8 Å². The van der Waals surface area contributed by atoms with Crippen molar-refractivity contribution in [3.8, 4) is 11.5 Å². The summed E-state index contributed by atoms with van der Waals surface area (Å²) in [6, 6.07) is 11.0. The zero-order valence-corrected chi connectivity index (χ0v) is 18.0. The minimum Gasteiger partial charge on any atom is -0.496 e. The third kappa shape index (κ3) is 5.63. The number of morpholine rings is 1. The molecular formula is C20H23ClN2O6S. The van der Waals surface area contributed by atoms with Crippen LogP contribution in [0.5, 0.6) is 11.5 Å². The second-order valence-corrected chi connectivity index (χ2v) is 8.67. The van der Waals surface area contributed by atoms with Crippen LogP contribution in [0.1, 0.15) is 10.4 Å². The molecule has 2 aromatic rings. The molecule has 1 saturated heterocycles. The van der Waals surface area contributed by atoms with Crippen molar-refractivity contribution in [2.45, 2.75) is 4.90 Å². The van der Waals surface area contributed by atoms with Gasteiger partial charge >= 0.3 is 0 Å². The van der Waals surface area contributed by atoms with Crippen molar-refractivity contribution in [2.24, 2.45) is 0 Å². The van der Waals surface area contributed by atoms with Crippen molar-refractivity contribution in [3.05, 3.63) is 53.1 Å². The van der Waals surface area contributed by atoms with E-state index in [0.717, 1.165) is 0 Å². The first kappa shape index (κ1) is 22.4. The smallest absolute Gasteiger partial charge is 0.257 e. The van der Waals surface area contributed by atoms with Gasteiger partial charge in [-0.3, -0.25) is 4.79 Å². The van der Waals surface area contributed by atoms with E-state index in [2.05, 4.69) is 4.72 Å². The molecule has 1 amide bonds. The number of hydrogen-bond acceptors (Lipinski definition) is 6. The van der Waals surface area contributed by atoms with Crippen LogP contribution in [0.15, 0.2) is 47.4 Å². The highest BCUT2D eigenvalue weighted by molar-refractivity contribution is 7.89. The van der Waals surface area contributed by atoms with Gasteiger partial charge in [0, 0.05) is 24.7 Å². The molecule has 0 saturated carbocycles. The van der Waals surface area contributed by atoms with Gasteiger partial charge in [-0.25, -0.2) is 13.1 Å². The zero-order valence-electron chi connectivity index (χ0n) is 16.5. The van der Waals surface area contributed by atoms with Crippen LogP contribution < -0.4 is 14.2 Å². The summed E-state index contributed by atoms with van der Waals surface area (Å²) in [5.41, 5.74) is 0.194. The molecule has 0 unspecified atom stereocenters. The lowest BCUT2D eigenvalue weighted by molar-refractivity contribution is 0.0300. The van der Waals surface area contributed by atoms with Crippen LogP contribution in [0.3, 0.4) is 0 Å². The van der Waals surface area contributed by atoms with E-state index in [9.17, 15) is 13.2 Å². The highest BCUT2D eigenvalue weighted by atomic mass is 35.5. The third-order valence-electron chi connectivity index (χ3n) is 4.49. The lowest BCUT2D eigenvalue weighted by Crippen LogP contribution is -2.40. The number of carbonyl (C=O) groups excluding carboxylic acids is 1. The van der Waals surface area contributed by atoms with E-state index >= 15 is 0 Å². The number of nitrogens with one attached hydrogen (secondary N) is 1. The van der Waals surface area contributed by atoms with Crippen LogP contribution >= 0.6 is 11.6 Å². The van der Waals surface area contributed by atoms with E-state index < -0.39 is 10.0 Å². The molecule has 1 fully saturated rings. The van der Waals surface area contributed by atoms with Gasteiger partial charge in [0.1, 0.15) is 18.1 Å². The molecule has 0 aromatic heterocycles. The predicted octanol–water partition coefficient (Wildman–Crippen LogP) is 2.18. The number of nitrogens with zero attached hydrogens (tertiary/aromatic N) is 1. The normalized spacial score (nSPS) is 14.4. The van der Waals surface area contributed by atoms with Crippen molar-refractivity contribution >= 4 is 27.5 Å². The molecule has 0 atom stereocenters. The van der Waals surface area contributed by atoms with Crippen LogP contribution in [0.2, 0.25) is 5.02 Å². The SMILES string of the molecule is COc1ccc(S(=O)(=O)NCCOc2ccc(Cl)cc2)cc1C(=O)N1CCOCC1. The minimum atomic E-state index is -3.84. The molecule has 2 aromatic carbocycles. The first-order valence-electron chi connectivity index (χ1n) is 9.34. The number of rotatable bonds is 8. The molecule has 0 aliphatic carbocycles. The van der Waals surface area contributed by atoms with Crippen molar-refractivity contribution in [3.63, 3.8) is 0 Å². The molecule has 0 radical (unpaired) electrons. The fraction of sp³-hybridized carbons (Fsp3) is 0.350. The van der Waals surface area contributed by atoms with E-state index in [1.807, 2.05) is 0 Å². The van der Waals surface area contributed by atoms with Gasteiger partial charge in [0.2, 0.25) is 10.0 Å². The standard InChI is InChI=1S/C20H23ClN2O6S/c1-27-19-7-6-17(14-18(19)20(24)23-9-12-28-13-10-23)30(25,26)22-8-11-29-16-4-2-15(21)3-5-16/h2-7,14,22H,8-13H2,1H3. The molecular weight excluding hydrogens is 432 g/mol. The number of methoxy groups -OCH3 is 1. The Kier molecular flexibility index (Phi) is 7.54. The van der Waals surface area contributed by atoms with Gasteiger partial charge in [-0.2, -0.15) is 0 Å². The summed E-state index contributed by atoms with van der Waals surface area (Å²) in [7, 11) is -2.40. The summed E-state index contributed by atoms with van der Waals surface area (Å²) in [6.45, 7) is 1.97. The van der Waals surface area contributed by atoms with Crippen molar-refractivity contribution in [2.75, 3.05) is 46.6 Å². The molecule has 1 aliphatic rings. The predicted molar refractivity (Wildman–Crippen MR) is 112 cm³/mol. The molecule has 3 rings (SSSR count). The Labute approximate surface area is 180 Å². The van der Waals surface area contributed by atoms with Gasteiger partial charge in [0.25, 0.3) is 5.91 Å². The maximum atomic E-state index is 12.8. The number of sulfonamides is 1. The molecule has 8 nitrogen and oxygen atoms in total. The van der Waals surface area contributed by atoms with Crippen molar-refractivity contribution in [1.29, 1.82) is 0 Å². The van der Waals surface area contributed by atoms with Crippen molar-refractivity contribution < 1.29 is 27.4 Å². The van der Waals surface area contributed by atoms with Crippen LogP contribution in [-0.4, -0.2) is 65.8 Å². The first-order chi connectivity index (χ1) is 14.4. The van der Waals surface area contributed by atoms with E-state index in [0.29, 0.717) is 42.8 Å². The van der Waals surface area contributed by atoms with Crippen LogP contribution in [-0.2, 0) is 14.8 Å². The molecule has 0 spiro atoms. The number of ether oxygens (including phenoxy) is 3. The fourth-order valence-electron chi connectivity index (χ4n) is 2.92. The molecule has 0 bridgehead atoms. The number of benzene rings is 2. The van der Waals surface area contributed by atoms with Gasteiger partial charge < -0.3 is 19.1 Å².